The highest BCUT2D eigenvalue weighted by atomic mass is 32.2. The van der Waals surface area contributed by atoms with Crippen molar-refractivity contribution in [3.63, 3.8) is 0 Å². The average Bonchev–Trinajstić information content (AvgIpc) is 3.04. The van der Waals surface area contributed by atoms with E-state index in [-0.39, 0.29) is 11.8 Å². The van der Waals surface area contributed by atoms with Crippen LogP contribution < -0.4 is 5.32 Å². The fourth-order valence-electron chi connectivity index (χ4n) is 3.01. The van der Waals surface area contributed by atoms with Crippen LogP contribution in [0.2, 0.25) is 0 Å². The van der Waals surface area contributed by atoms with E-state index >= 15 is 0 Å². The maximum absolute atomic E-state index is 11.5. The third-order valence-electron chi connectivity index (χ3n) is 4.00. The van der Waals surface area contributed by atoms with Crippen LogP contribution in [0.15, 0.2) is 12.3 Å². The summed E-state index contributed by atoms with van der Waals surface area (Å²) in [6.07, 6.45) is 10.0. The van der Waals surface area contributed by atoms with E-state index in [1.54, 1.807) is 0 Å². The zero-order chi connectivity index (χ0) is 15.3. The first-order chi connectivity index (χ1) is 9.98. The first kappa shape index (κ1) is 16.5. The molecule has 0 radical (unpaired) electrons. The number of aromatic nitrogens is 2. The van der Waals surface area contributed by atoms with Crippen LogP contribution in [0.4, 0.5) is 0 Å². The van der Waals surface area contributed by atoms with Crippen LogP contribution in [-0.2, 0) is 16.3 Å². The molecule has 0 amide bonds. The molecular formula is C15H27N3O2S. The van der Waals surface area contributed by atoms with Crippen molar-refractivity contribution in [3.05, 3.63) is 18.0 Å². The fourth-order valence-corrected chi connectivity index (χ4v) is 3.98. The van der Waals surface area contributed by atoms with Crippen molar-refractivity contribution in [2.45, 2.75) is 57.5 Å². The first-order valence-corrected chi connectivity index (χ1v) is 9.99. The van der Waals surface area contributed by atoms with Crippen molar-refractivity contribution < 1.29 is 8.42 Å². The molecule has 21 heavy (non-hydrogen) atoms. The highest BCUT2D eigenvalue weighted by Gasteiger charge is 2.20. The summed E-state index contributed by atoms with van der Waals surface area (Å²) >= 11 is 0. The Morgan fingerprint density at radius 1 is 1.43 bits per heavy atom. The predicted molar refractivity (Wildman–Crippen MR) is 85.2 cm³/mol. The Labute approximate surface area is 128 Å². The fraction of sp³-hybridized carbons (Fsp3) is 0.800. The van der Waals surface area contributed by atoms with Gasteiger partial charge in [0.25, 0.3) is 0 Å². The molecule has 5 nitrogen and oxygen atoms in total. The number of nitrogens with one attached hydrogen (secondary N) is 1. The lowest BCUT2D eigenvalue weighted by Crippen LogP contribution is -2.37. The summed E-state index contributed by atoms with van der Waals surface area (Å²) in [4.78, 5) is 0. The Hall–Kier alpha value is -0.880. The molecule has 0 bridgehead atoms. The minimum atomic E-state index is -2.98. The summed E-state index contributed by atoms with van der Waals surface area (Å²) in [6, 6.07) is 2.52. The second kappa shape index (κ2) is 7.40. The van der Waals surface area contributed by atoms with E-state index in [9.17, 15) is 8.42 Å². The van der Waals surface area contributed by atoms with E-state index in [1.165, 1.54) is 31.9 Å². The Morgan fingerprint density at radius 3 is 2.76 bits per heavy atom. The van der Waals surface area contributed by atoms with Gasteiger partial charge in [-0.15, -0.1) is 0 Å². The van der Waals surface area contributed by atoms with Crippen LogP contribution in [0.25, 0.3) is 0 Å². The largest absolute Gasteiger partial charge is 0.313 e. The second-order valence-electron chi connectivity index (χ2n) is 6.17. The zero-order valence-electron chi connectivity index (χ0n) is 13.1. The van der Waals surface area contributed by atoms with Crippen molar-refractivity contribution >= 4 is 9.84 Å². The summed E-state index contributed by atoms with van der Waals surface area (Å²) in [6.45, 7) is 2.92. The van der Waals surface area contributed by atoms with Crippen LogP contribution in [-0.4, -0.2) is 42.8 Å². The van der Waals surface area contributed by atoms with Gasteiger partial charge in [0, 0.05) is 24.9 Å². The molecule has 1 aliphatic carbocycles. The monoisotopic (exact) mass is 313 g/mol. The normalized spacial score (nSPS) is 18.2. The molecule has 1 fully saturated rings. The molecule has 1 atom stereocenters. The number of nitrogens with zero attached hydrogens (tertiary/aromatic N) is 2. The summed E-state index contributed by atoms with van der Waals surface area (Å²) in [5.41, 5.74) is 0.985. The first-order valence-electron chi connectivity index (χ1n) is 7.93. The van der Waals surface area contributed by atoms with Crippen LogP contribution >= 0.6 is 0 Å². The van der Waals surface area contributed by atoms with Crippen molar-refractivity contribution in [2.75, 3.05) is 18.6 Å². The third-order valence-corrected chi connectivity index (χ3v) is 5.01. The minimum Gasteiger partial charge on any atom is -0.313 e. The van der Waals surface area contributed by atoms with Crippen LogP contribution in [0.5, 0.6) is 0 Å². The molecule has 0 aromatic carbocycles. The Bertz CT molecular complexity index is 533. The number of sulfone groups is 1. The van der Waals surface area contributed by atoms with Gasteiger partial charge < -0.3 is 5.32 Å². The molecule has 1 N–H and O–H groups in total. The van der Waals surface area contributed by atoms with Crippen LogP contribution in [0, 0.1) is 0 Å². The molecule has 120 valence electrons. The number of rotatable bonds is 8. The maximum Gasteiger partial charge on any atom is 0.148 e. The molecule has 0 saturated heterocycles. The second-order valence-corrected chi connectivity index (χ2v) is 8.36. The highest BCUT2D eigenvalue weighted by molar-refractivity contribution is 7.90. The molecule has 1 aliphatic rings. The SMILES string of the molecule is CCCNC(Cc1ccn(C2CCCC2)n1)CS(C)(=O)=O. The highest BCUT2D eigenvalue weighted by Crippen LogP contribution is 2.28. The van der Waals surface area contributed by atoms with Gasteiger partial charge in [-0.2, -0.15) is 5.10 Å². The molecule has 1 saturated carbocycles. The van der Waals surface area contributed by atoms with E-state index in [2.05, 4.69) is 22.0 Å². The Morgan fingerprint density at radius 2 is 2.14 bits per heavy atom. The summed E-state index contributed by atoms with van der Waals surface area (Å²) < 4.78 is 25.2. The van der Waals surface area contributed by atoms with Crippen molar-refractivity contribution in [1.82, 2.24) is 15.1 Å². The molecule has 0 aliphatic heterocycles. The van der Waals surface area contributed by atoms with Crippen LogP contribution in [0.1, 0.15) is 50.8 Å². The molecule has 1 heterocycles. The van der Waals surface area contributed by atoms with E-state index in [1.807, 2.05) is 12.3 Å². The topological polar surface area (TPSA) is 64.0 Å². The van der Waals surface area contributed by atoms with E-state index in [4.69, 9.17) is 0 Å². The molecule has 1 unspecified atom stereocenters. The van der Waals surface area contributed by atoms with Crippen molar-refractivity contribution in [1.29, 1.82) is 0 Å². The molecule has 1 aromatic rings. The number of hydrogen-bond acceptors (Lipinski definition) is 4. The summed E-state index contributed by atoms with van der Waals surface area (Å²) in [5.74, 6) is 0.170. The smallest absolute Gasteiger partial charge is 0.148 e. The maximum atomic E-state index is 11.5. The lowest BCUT2D eigenvalue weighted by atomic mass is 10.2. The molecular weight excluding hydrogens is 286 g/mol. The van der Waals surface area contributed by atoms with Gasteiger partial charge in [-0.25, -0.2) is 8.42 Å². The van der Waals surface area contributed by atoms with Gasteiger partial charge in [-0.1, -0.05) is 19.8 Å². The Balaban J connectivity index is 1.98. The number of hydrogen-bond donors (Lipinski definition) is 1. The van der Waals surface area contributed by atoms with E-state index in [0.29, 0.717) is 12.5 Å². The quantitative estimate of drug-likeness (QED) is 0.797. The van der Waals surface area contributed by atoms with E-state index in [0.717, 1.165) is 18.7 Å². The lowest BCUT2D eigenvalue weighted by Gasteiger charge is -2.16. The molecule has 2 rings (SSSR count). The predicted octanol–water partition coefficient (Wildman–Crippen LogP) is 1.95. The molecule has 0 spiro atoms. The molecule has 1 aromatic heterocycles. The Kier molecular flexibility index (Phi) is 5.81. The summed E-state index contributed by atoms with van der Waals surface area (Å²) in [7, 11) is -2.98. The summed E-state index contributed by atoms with van der Waals surface area (Å²) in [5, 5.41) is 7.98. The van der Waals surface area contributed by atoms with E-state index < -0.39 is 9.84 Å². The van der Waals surface area contributed by atoms with Gasteiger partial charge >= 0.3 is 0 Å². The van der Waals surface area contributed by atoms with Gasteiger partial charge in [-0.3, -0.25) is 4.68 Å². The molecule has 6 heteroatoms. The van der Waals surface area contributed by atoms with Gasteiger partial charge in [-0.05, 0) is 31.9 Å². The van der Waals surface area contributed by atoms with Gasteiger partial charge in [0.2, 0.25) is 0 Å². The standard InChI is InChI=1S/C15H27N3O2S/c1-3-9-16-14(12-21(2,19)20)11-13-8-10-18(17-13)15-6-4-5-7-15/h8,10,14-16H,3-7,9,11-12H2,1-2H3. The van der Waals surface area contributed by atoms with Gasteiger partial charge in [0.15, 0.2) is 0 Å². The van der Waals surface area contributed by atoms with Crippen molar-refractivity contribution in [3.8, 4) is 0 Å². The van der Waals surface area contributed by atoms with Crippen molar-refractivity contribution in [2.24, 2.45) is 0 Å². The zero-order valence-corrected chi connectivity index (χ0v) is 13.9. The third kappa shape index (κ3) is 5.43. The van der Waals surface area contributed by atoms with Gasteiger partial charge in [0.05, 0.1) is 17.5 Å². The van der Waals surface area contributed by atoms with Gasteiger partial charge in [0.1, 0.15) is 9.84 Å². The lowest BCUT2D eigenvalue weighted by molar-refractivity contribution is 0.457. The average molecular weight is 313 g/mol. The van der Waals surface area contributed by atoms with Crippen LogP contribution in [0.3, 0.4) is 0 Å². The minimum absolute atomic E-state index is 0.0492.